The van der Waals surface area contributed by atoms with Crippen LogP contribution in [0.5, 0.6) is 5.75 Å². The molecule has 0 aliphatic carbocycles. The van der Waals surface area contributed by atoms with Gasteiger partial charge in [0.2, 0.25) is 0 Å². The van der Waals surface area contributed by atoms with E-state index in [1.54, 1.807) is 7.11 Å². The lowest BCUT2D eigenvalue weighted by Gasteiger charge is -2.17. The molecule has 4 nitrogen and oxygen atoms in total. The number of likely N-dealkylation sites (tertiary alicyclic amines) is 1. The minimum atomic E-state index is -0.500. The zero-order chi connectivity index (χ0) is 14.0. The molecule has 5 heteroatoms. The summed E-state index contributed by atoms with van der Waals surface area (Å²) in [6, 6.07) is 2.35. The van der Waals surface area contributed by atoms with Crippen LogP contribution in [0, 0.1) is 5.82 Å². The summed E-state index contributed by atoms with van der Waals surface area (Å²) in [6.45, 7) is 3.32. The number of methoxy groups -OCH3 is 1. The molecule has 1 aliphatic rings. The molecule has 1 saturated heterocycles. The molecule has 1 N–H and O–H groups in total. The van der Waals surface area contributed by atoms with Crippen LogP contribution in [0.25, 0.3) is 0 Å². The maximum absolute atomic E-state index is 13.5. The van der Waals surface area contributed by atoms with Crippen LogP contribution in [-0.2, 0) is 11.3 Å². The van der Waals surface area contributed by atoms with Crippen LogP contribution in [0.3, 0.4) is 0 Å². The van der Waals surface area contributed by atoms with Crippen LogP contribution < -0.4 is 0 Å². The number of halogens is 1. The lowest BCUT2D eigenvalue weighted by atomic mass is 10.1. The molecule has 2 rings (SSSR count). The number of carbonyl (C=O) groups excluding carboxylic acids is 1. The predicted molar refractivity (Wildman–Crippen MR) is 68.8 cm³/mol. The Morgan fingerprint density at radius 1 is 1.58 bits per heavy atom. The molecule has 0 radical (unpaired) electrons. The van der Waals surface area contributed by atoms with Crippen molar-refractivity contribution >= 4 is 5.78 Å². The first kappa shape index (κ1) is 14.0. The number of carbonyl (C=O) groups is 1. The topological polar surface area (TPSA) is 49.8 Å². The van der Waals surface area contributed by atoms with Gasteiger partial charge in [0, 0.05) is 32.3 Å². The number of ether oxygens (including phenoxy) is 1. The molecule has 1 fully saturated rings. The zero-order valence-electron chi connectivity index (χ0n) is 11.1. The van der Waals surface area contributed by atoms with Gasteiger partial charge in [-0.05, 0) is 25.5 Å². The first-order valence-electron chi connectivity index (χ1n) is 6.28. The Morgan fingerprint density at radius 3 is 2.89 bits per heavy atom. The number of benzene rings is 1. The summed E-state index contributed by atoms with van der Waals surface area (Å²) in [7, 11) is 1.67. The van der Waals surface area contributed by atoms with Crippen LogP contribution in [-0.4, -0.2) is 42.1 Å². The second-order valence-electron chi connectivity index (χ2n) is 4.90. The van der Waals surface area contributed by atoms with Crippen LogP contribution in [0.2, 0.25) is 0 Å². The fraction of sp³-hybridized carbons (Fsp3) is 0.500. The van der Waals surface area contributed by atoms with Crippen LogP contribution in [0.4, 0.5) is 4.39 Å². The van der Waals surface area contributed by atoms with E-state index >= 15 is 0 Å². The fourth-order valence-electron chi connectivity index (χ4n) is 2.42. The first-order valence-corrected chi connectivity index (χ1v) is 6.28. The van der Waals surface area contributed by atoms with Crippen LogP contribution in [0.15, 0.2) is 12.1 Å². The number of ketones is 1. The Labute approximate surface area is 111 Å². The van der Waals surface area contributed by atoms with Gasteiger partial charge in [0.15, 0.2) is 5.78 Å². The van der Waals surface area contributed by atoms with Gasteiger partial charge in [-0.2, -0.15) is 0 Å². The van der Waals surface area contributed by atoms with E-state index in [1.807, 2.05) is 0 Å². The molecule has 0 saturated carbocycles. The number of phenolic OH excluding ortho intramolecular Hbond substituents is 1. The van der Waals surface area contributed by atoms with Crippen molar-refractivity contribution < 1.29 is 19.0 Å². The zero-order valence-corrected chi connectivity index (χ0v) is 11.1. The van der Waals surface area contributed by atoms with Crippen LogP contribution in [0.1, 0.15) is 29.3 Å². The quantitative estimate of drug-likeness (QED) is 0.847. The van der Waals surface area contributed by atoms with E-state index in [-0.39, 0.29) is 23.2 Å². The van der Waals surface area contributed by atoms with Crippen molar-refractivity contribution in [3.05, 3.63) is 29.1 Å². The summed E-state index contributed by atoms with van der Waals surface area (Å²) in [5.74, 6) is -0.954. The normalized spacial score (nSPS) is 19.8. The number of hydrogen-bond donors (Lipinski definition) is 1. The van der Waals surface area contributed by atoms with Crippen molar-refractivity contribution in [2.75, 3.05) is 20.2 Å². The Kier molecular flexibility index (Phi) is 4.17. The second kappa shape index (κ2) is 5.67. The first-order chi connectivity index (χ1) is 9.01. The van der Waals surface area contributed by atoms with Crippen molar-refractivity contribution in [1.29, 1.82) is 0 Å². The standard InChI is InChI=1S/C14H18FNO3/c1-9(17)13-6-11(15)5-10(14(13)18)7-16-4-3-12(8-16)19-2/h5-6,12,18H,3-4,7-8H2,1-2H3. The highest BCUT2D eigenvalue weighted by atomic mass is 19.1. The predicted octanol–water partition coefficient (Wildman–Crippen LogP) is 1.95. The van der Waals surface area contributed by atoms with Gasteiger partial charge in [-0.25, -0.2) is 4.39 Å². The van der Waals surface area contributed by atoms with Crippen molar-refractivity contribution in [1.82, 2.24) is 4.90 Å². The maximum atomic E-state index is 13.5. The van der Waals surface area contributed by atoms with E-state index in [4.69, 9.17) is 4.74 Å². The average Bonchev–Trinajstić information content (AvgIpc) is 2.80. The minimum Gasteiger partial charge on any atom is -0.507 e. The molecular weight excluding hydrogens is 249 g/mol. The van der Waals surface area contributed by atoms with E-state index < -0.39 is 5.82 Å². The van der Waals surface area contributed by atoms with Gasteiger partial charge in [-0.1, -0.05) is 0 Å². The number of nitrogens with zero attached hydrogens (tertiary/aromatic N) is 1. The molecule has 1 aliphatic heterocycles. The molecule has 0 aromatic heterocycles. The van der Waals surface area contributed by atoms with Crippen molar-refractivity contribution in [3.63, 3.8) is 0 Å². The van der Waals surface area contributed by atoms with Crippen molar-refractivity contribution in [2.24, 2.45) is 0 Å². The Hall–Kier alpha value is -1.46. The van der Waals surface area contributed by atoms with Crippen molar-refractivity contribution in [2.45, 2.75) is 26.0 Å². The summed E-state index contributed by atoms with van der Waals surface area (Å²) in [4.78, 5) is 13.4. The third-order valence-electron chi connectivity index (χ3n) is 3.49. The van der Waals surface area contributed by atoms with Gasteiger partial charge < -0.3 is 9.84 Å². The Morgan fingerprint density at radius 2 is 2.32 bits per heavy atom. The van der Waals surface area contributed by atoms with Crippen molar-refractivity contribution in [3.8, 4) is 5.75 Å². The molecule has 1 heterocycles. The smallest absolute Gasteiger partial charge is 0.163 e. The summed E-state index contributed by atoms with van der Waals surface area (Å²) < 4.78 is 18.7. The van der Waals surface area contributed by atoms with Gasteiger partial charge >= 0.3 is 0 Å². The monoisotopic (exact) mass is 267 g/mol. The SMILES string of the molecule is COC1CCN(Cc2cc(F)cc(C(C)=O)c2O)C1. The van der Waals surface area contributed by atoms with E-state index in [2.05, 4.69) is 4.90 Å². The van der Waals surface area contributed by atoms with E-state index in [0.717, 1.165) is 25.6 Å². The highest BCUT2D eigenvalue weighted by Gasteiger charge is 2.23. The Balaban J connectivity index is 2.19. The molecular formula is C14H18FNO3. The summed E-state index contributed by atoms with van der Waals surface area (Å²) in [6.07, 6.45) is 1.11. The molecule has 19 heavy (non-hydrogen) atoms. The van der Waals surface area contributed by atoms with Gasteiger partial charge in [-0.3, -0.25) is 9.69 Å². The molecule has 1 atom stereocenters. The van der Waals surface area contributed by atoms with Crippen LogP contribution >= 0.6 is 0 Å². The molecule has 0 bridgehead atoms. The van der Waals surface area contributed by atoms with Gasteiger partial charge in [0.1, 0.15) is 11.6 Å². The van der Waals surface area contributed by atoms with E-state index in [9.17, 15) is 14.3 Å². The number of phenols is 1. The highest BCUT2D eigenvalue weighted by Crippen LogP contribution is 2.27. The molecule has 104 valence electrons. The number of aromatic hydroxyl groups is 1. The van der Waals surface area contributed by atoms with Gasteiger partial charge in [0.05, 0.1) is 11.7 Å². The van der Waals surface area contributed by atoms with E-state index in [0.29, 0.717) is 12.1 Å². The van der Waals surface area contributed by atoms with Gasteiger partial charge in [-0.15, -0.1) is 0 Å². The minimum absolute atomic E-state index is 0.0393. The fourth-order valence-corrected chi connectivity index (χ4v) is 2.42. The Bertz CT molecular complexity index is 490. The molecule has 1 aromatic rings. The molecule has 0 spiro atoms. The maximum Gasteiger partial charge on any atom is 0.163 e. The lowest BCUT2D eigenvalue weighted by Crippen LogP contribution is -2.22. The third-order valence-corrected chi connectivity index (χ3v) is 3.49. The largest absolute Gasteiger partial charge is 0.507 e. The summed E-state index contributed by atoms with van der Waals surface area (Å²) >= 11 is 0. The number of rotatable bonds is 4. The summed E-state index contributed by atoms with van der Waals surface area (Å²) in [5, 5.41) is 10.0. The summed E-state index contributed by atoms with van der Waals surface area (Å²) in [5.41, 5.74) is 0.486. The molecule has 0 amide bonds. The number of Topliss-reactive ketones (excluding diaryl/α,β-unsaturated/α-hetero) is 1. The third kappa shape index (κ3) is 3.11. The molecule has 1 unspecified atom stereocenters. The average molecular weight is 267 g/mol. The van der Waals surface area contributed by atoms with E-state index in [1.165, 1.54) is 13.0 Å². The molecule has 1 aromatic carbocycles. The lowest BCUT2D eigenvalue weighted by molar-refractivity contribution is 0.101. The number of hydrogen-bond acceptors (Lipinski definition) is 4. The highest BCUT2D eigenvalue weighted by molar-refractivity contribution is 5.97. The second-order valence-corrected chi connectivity index (χ2v) is 4.90. The van der Waals surface area contributed by atoms with Gasteiger partial charge in [0.25, 0.3) is 0 Å².